The van der Waals surface area contributed by atoms with Gasteiger partial charge in [-0.25, -0.2) is 10.9 Å². The third-order valence-corrected chi connectivity index (χ3v) is 4.78. The summed E-state index contributed by atoms with van der Waals surface area (Å²) in [5.41, 5.74) is 6.02. The number of benzene rings is 1. The van der Waals surface area contributed by atoms with Crippen molar-refractivity contribution in [3.63, 3.8) is 0 Å². The van der Waals surface area contributed by atoms with Gasteiger partial charge in [-0.05, 0) is 30.5 Å². The first kappa shape index (κ1) is 27.1. The fraction of sp³-hybridized carbons (Fsp3) is 0.545. The summed E-state index contributed by atoms with van der Waals surface area (Å²) in [6, 6.07) is 6.78. The van der Waals surface area contributed by atoms with Crippen LogP contribution in [0.3, 0.4) is 0 Å². The number of aliphatic imine (C=N–C) groups is 1. The van der Waals surface area contributed by atoms with Crippen LogP contribution in [0.15, 0.2) is 29.3 Å². The van der Waals surface area contributed by atoms with E-state index in [0.717, 1.165) is 37.0 Å². The molecular weight excluding hydrogens is 414 g/mol. The Kier molecular flexibility index (Phi) is 13.3. The predicted octanol–water partition coefficient (Wildman–Crippen LogP) is 1.45. The van der Waals surface area contributed by atoms with Gasteiger partial charge < -0.3 is 15.3 Å². The van der Waals surface area contributed by atoms with Crippen LogP contribution in [0.25, 0.3) is 0 Å². The molecule has 1 unspecified atom stereocenters. The molecule has 0 aromatic heterocycles. The number of hydrogen-bond donors (Lipinski definition) is 4. The molecule has 1 rings (SSSR count). The zero-order valence-electron chi connectivity index (χ0n) is 18.9. The normalized spacial score (nSPS) is 12.0. The number of carboxylic acids is 1. The fourth-order valence-electron chi connectivity index (χ4n) is 3.07. The van der Waals surface area contributed by atoms with Crippen LogP contribution in [0.5, 0.6) is 5.75 Å². The molecule has 5 N–H and O–H groups in total. The zero-order chi connectivity index (χ0) is 23.8. The average molecular weight is 450 g/mol. The maximum Gasteiger partial charge on any atom is 0.310 e. The van der Waals surface area contributed by atoms with Crippen molar-refractivity contribution in [2.45, 2.75) is 57.9 Å². The van der Waals surface area contributed by atoms with Gasteiger partial charge in [0, 0.05) is 6.54 Å². The highest BCUT2D eigenvalue weighted by molar-refractivity contribution is 5.96. The number of nitrogens with zero attached hydrogens (tertiary/aromatic N) is 2. The number of rotatable bonds is 17. The number of unbranched alkanes of at least 4 members (excludes halogenated alkanes) is 3. The van der Waals surface area contributed by atoms with Crippen LogP contribution in [-0.4, -0.2) is 60.4 Å². The van der Waals surface area contributed by atoms with Crippen molar-refractivity contribution in [1.29, 1.82) is 0 Å². The molecule has 1 amide bonds. The van der Waals surface area contributed by atoms with Crippen LogP contribution in [0.2, 0.25) is 0 Å². The Morgan fingerprint density at radius 3 is 2.53 bits per heavy atom. The summed E-state index contributed by atoms with van der Waals surface area (Å²) >= 11 is 0. The number of amides is 1. The monoisotopic (exact) mass is 449 g/mol. The second kappa shape index (κ2) is 15.8. The SMILES string of the molecule is CCCCCCC(N=CNN)C(=O)NN(CCc1ccc(OC)cc1)CC(=O)CC(=O)O. The number of carbonyl (C=O) groups is 3. The van der Waals surface area contributed by atoms with Crippen LogP contribution in [0.1, 0.15) is 51.0 Å². The van der Waals surface area contributed by atoms with E-state index in [2.05, 4.69) is 22.8 Å². The van der Waals surface area contributed by atoms with Crippen molar-refractivity contribution in [3.05, 3.63) is 29.8 Å². The third kappa shape index (κ3) is 11.4. The van der Waals surface area contributed by atoms with Crippen molar-refractivity contribution >= 4 is 24.0 Å². The van der Waals surface area contributed by atoms with Crippen LogP contribution in [-0.2, 0) is 20.8 Å². The molecule has 1 aromatic carbocycles. The number of aliphatic carboxylic acids is 1. The van der Waals surface area contributed by atoms with Gasteiger partial charge in [0.25, 0.3) is 5.91 Å². The number of Topliss-reactive ketones (excluding diaryl/α,β-unsaturated/α-hetero) is 1. The fourth-order valence-corrected chi connectivity index (χ4v) is 3.07. The molecule has 0 heterocycles. The number of ketones is 1. The van der Waals surface area contributed by atoms with Crippen LogP contribution in [0.4, 0.5) is 0 Å². The van der Waals surface area contributed by atoms with Gasteiger partial charge in [-0.15, -0.1) is 0 Å². The number of ether oxygens (including phenoxy) is 1. The quantitative estimate of drug-likeness (QED) is 0.0698. The molecule has 178 valence electrons. The van der Waals surface area contributed by atoms with Gasteiger partial charge in [-0.2, -0.15) is 0 Å². The minimum atomic E-state index is -1.20. The minimum absolute atomic E-state index is 0.213. The second-order valence-electron chi connectivity index (χ2n) is 7.41. The topological polar surface area (TPSA) is 146 Å². The Morgan fingerprint density at radius 1 is 1.22 bits per heavy atom. The van der Waals surface area contributed by atoms with Crippen molar-refractivity contribution in [3.8, 4) is 5.75 Å². The van der Waals surface area contributed by atoms with Crippen molar-refractivity contribution < 1.29 is 24.2 Å². The third-order valence-electron chi connectivity index (χ3n) is 4.78. The van der Waals surface area contributed by atoms with Gasteiger partial charge in [-0.1, -0.05) is 44.7 Å². The maximum atomic E-state index is 12.8. The summed E-state index contributed by atoms with van der Waals surface area (Å²) in [5, 5.41) is 10.3. The van der Waals surface area contributed by atoms with Gasteiger partial charge in [0.1, 0.15) is 18.2 Å². The Bertz CT molecular complexity index is 739. The summed E-state index contributed by atoms with van der Waals surface area (Å²) in [7, 11) is 1.58. The number of nitrogens with two attached hydrogens (primary N) is 1. The van der Waals surface area contributed by atoms with Gasteiger partial charge in [-0.3, -0.25) is 24.8 Å². The van der Waals surface area contributed by atoms with Crippen molar-refractivity contribution in [2.75, 3.05) is 20.2 Å². The lowest BCUT2D eigenvalue weighted by atomic mass is 10.1. The van der Waals surface area contributed by atoms with E-state index in [0.29, 0.717) is 19.4 Å². The number of hydrogen-bond acceptors (Lipinski definition) is 7. The molecule has 0 spiro atoms. The van der Waals surface area contributed by atoms with Gasteiger partial charge in [0.05, 0.1) is 20.0 Å². The summed E-state index contributed by atoms with van der Waals surface area (Å²) in [5.74, 6) is 3.90. The molecule has 10 nitrogen and oxygen atoms in total. The predicted molar refractivity (Wildman–Crippen MR) is 122 cm³/mol. The lowest BCUT2D eigenvalue weighted by molar-refractivity contribution is -0.140. The van der Waals surface area contributed by atoms with E-state index in [1.54, 1.807) is 7.11 Å². The molecule has 0 aliphatic carbocycles. The second-order valence-corrected chi connectivity index (χ2v) is 7.41. The van der Waals surface area contributed by atoms with E-state index in [1.807, 2.05) is 24.3 Å². The number of methoxy groups -OCH3 is 1. The van der Waals surface area contributed by atoms with E-state index in [1.165, 1.54) is 11.3 Å². The van der Waals surface area contributed by atoms with Crippen molar-refractivity contribution in [2.24, 2.45) is 10.8 Å². The minimum Gasteiger partial charge on any atom is -0.497 e. The van der Waals surface area contributed by atoms with Crippen LogP contribution < -0.4 is 21.4 Å². The van der Waals surface area contributed by atoms with Gasteiger partial charge >= 0.3 is 5.97 Å². The lowest BCUT2D eigenvalue weighted by Gasteiger charge is -2.24. The Morgan fingerprint density at radius 2 is 1.94 bits per heavy atom. The summed E-state index contributed by atoms with van der Waals surface area (Å²) < 4.78 is 5.15. The average Bonchev–Trinajstić information content (AvgIpc) is 2.76. The van der Waals surface area contributed by atoms with E-state index >= 15 is 0 Å². The van der Waals surface area contributed by atoms with E-state index in [9.17, 15) is 14.4 Å². The molecular formula is C22H35N5O5. The number of nitrogens with one attached hydrogen (secondary N) is 2. The highest BCUT2D eigenvalue weighted by Gasteiger charge is 2.21. The summed E-state index contributed by atoms with van der Waals surface area (Å²) in [6.45, 7) is 2.22. The molecule has 1 atom stereocenters. The molecule has 0 fully saturated rings. The lowest BCUT2D eigenvalue weighted by Crippen LogP contribution is -2.49. The first-order valence-electron chi connectivity index (χ1n) is 10.8. The molecule has 0 saturated carbocycles. The molecule has 10 heteroatoms. The molecule has 1 aromatic rings. The summed E-state index contributed by atoms with van der Waals surface area (Å²) in [4.78, 5) is 40.0. The van der Waals surface area contributed by atoms with E-state index in [4.69, 9.17) is 15.7 Å². The Balaban J connectivity index is 2.82. The van der Waals surface area contributed by atoms with Gasteiger partial charge in [0.15, 0.2) is 5.78 Å². The Labute approximate surface area is 189 Å². The highest BCUT2D eigenvalue weighted by atomic mass is 16.5. The highest BCUT2D eigenvalue weighted by Crippen LogP contribution is 2.12. The number of carbonyl (C=O) groups excluding carboxylic acids is 2. The first-order chi connectivity index (χ1) is 15.4. The Hall–Kier alpha value is -2.98. The number of carboxylic acid groups (broad SMARTS) is 1. The zero-order valence-corrected chi connectivity index (χ0v) is 18.9. The summed E-state index contributed by atoms with van der Waals surface area (Å²) in [6.07, 6.45) is 5.71. The van der Waals surface area contributed by atoms with Crippen LogP contribution >= 0.6 is 0 Å². The largest absolute Gasteiger partial charge is 0.497 e. The van der Waals surface area contributed by atoms with E-state index in [-0.39, 0.29) is 12.5 Å². The molecule has 32 heavy (non-hydrogen) atoms. The number of hydrazine groups is 2. The molecule has 0 bridgehead atoms. The first-order valence-corrected chi connectivity index (χ1v) is 10.8. The molecule has 0 aliphatic rings. The maximum absolute atomic E-state index is 12.8. The molecule has 0 aliphatic heterocycles. The molecule has 0 saturated heterocycles. The van der Waals surface area contributed by atoms with E-state index < -0.39 is 24.2 Å². The van der Waals surface area contributed by atoms with Crippen molar-refractivity contribution in [1.82, 2.24) is 15.9 Å². The standard InChI is InChI=1S/C22H35N5O5/c1-3-4-5-6-7-20(24-16-25-23)22(31)26-27(15-18(28)14-21(29)30)13-12-17-8-10-19(32-2)11-9-17/h8-11,16,20H,3-7,12-15,23H2,1-2H3,(H,24,25)(H,26,31)(H,29,30). The molecule has 0 radical (unpaired) electrons. The van der Waals surface area contributed by atoms with Crippen LogP contribution in [0, 0.1) is 0 Å². The smallest absolute Gasteiger partial charge is 0.310 e. The van der Waals surface area contributed by atoms with Gasteiger partial charge in [0.2, 0.25) is 0 Å².